The van der Waals surface area contributed by atoms with Gasteiger partial charge in [-0.2, -0.15) is 0 Å². The average molecular weight is 488 g/mol. The molecule has 0 bridgehead atoms. The number of carbonyl (C=O) groups is 1. The largest absolute Gasteiger partial charge is 0.496 e. The van der Waals surface area contributed by atoms with Crippen molar-refractivity contribution < 1.29 is 28.5 Å². The first kappa shape index (κ1) is 24.9. The fraction of sp³-hybridized carbons (Fsp3) is 0.207. The van der Waals surface area contributed by atoms with E-state index in [0.29, 0.717) is 35.0 Å². The summed E-state index contributed by atoms with van der Waals surface area (Å²) in [5.41, 5.74) is 2.25. The lowest BCUT2D eigenvalue weighted by Gasteiger charge is -2.24. The lowest BCUT2D eigenvalue weighted by molar-refractivity contribution is 0.0804. The van der Waals surface area contributed by atoms with Gasteiger partial charge in [0.25, 0.3) is 5.91 Å². The summed E-state index contributed by atoms with van der Waals surface area (Å²) in [5, 5.41) is 14.0. The second-order valence-corrected chi connectivity index (χ2v) is 8.17. The van der Waals surface area contributed by atoms with E-state index in [4.69, 9.17) is 18.6 Å². The zero-order valence-electron chi connectivity index (χ0n) is 20.4. The molecule has 2 atom stereocenters. The molecule has 0 aliphatic rings. The number of nitrogens with one attached hydrogen (secondary N) is 1. The first-order valence-electron chi connectivity index (χ1n) is 11.5. The van der Waals surface area contributed by atoms with Gasteiger partial charge in [-0.25, -0.2) is 0 Å². The molecule has 1 aromatic heterocycles. The van der Waals surface area contributed by atoms with E-state index in [1.54, 1.807) is 45.6 Å². The Bertz CT molecular complexity index is 1260. The third kappa shape index (κ3) is 5.53. The fourth-order valence-corrected chi connectivity index (χ4v) is 4.08. The molecule has 1 heterocycles. The number of methoxy groups -OCH3 is 3. The second kappa shape index (κ2) is 11.5. The summed E-state index contributed by atoms with van der Waals surface area (Å²) in [6.45, 7) is 0. The van der Waals surface area contributed by atoms with Crippen LogP contribution in [0.3, 0.4) is 0 Å². The van der Waals surface area contributed by atoms with E-state index in [1.807, 2.05) is 60.7 Å². The van der Waals surface area contributed by atoms with Crippen LogP contribution in [-0.4, -0.2) is 32.3 Å². The SMILES string of the molecule is COc1cc(OC)c(Cc2ccc(C(=O)NC(c3ccccc3)[C@@H](O)c3ccccc3)o2)c(OC)c1. The minimum Gasteiger partial charge on any atom is -0.496 e. The number of ether oxygens (including phenoxy) is 3. The maximum Gasteiger partial charge on any atom is 0.287 e. The van der Waals surface area contributed by atoms with Gasteiger partial charge >= 0.3 is 0 Å². The molecule has 1 amide bonds. The van der Waals surface area contributed by atoms with Crippen LogP contribution in [0.5, 0.6) is 17.2 Å². The Morgan fingerprint density at radius 3 is 1.97 bits per heavy atom. The van der Waals surface area contributed by atoms with Crippen molar-refractivity contribution in [1.82, 2.24) is 5.32 Å². The van der Waals surface area contributed by atoms with Crippen LogP contribution in [0.4, 0.5) is 0 Å². The van der Waals surface area contributed by atoms with Crippen molar-refractivity contribution in [3.63, 3.8) is 0 Å². The number of hydrogen-bond donors (Lipinski definition) is 2. The quantitative estimate of drug-likeness (QED) is 0.323. The second-order valence-electron chi connectivity index (χ2n) is 8.17. The lowest BCUT2D eigenvalue weighted by Crippen LogP contribution is -2.32. The molecule has 186 valence electrons. The maximum atomic E-state index is 13.2. The van der Waals surface area contributed by atoms with Crippen LogP contribution in [0.2, 0.25) is 0 Å². The Kier molecular flexibility index (Phi) is 7.92. The van der Waals surface area contributed by atoms with E-state index in [0.717, 1.165) is 11.1 Å². The van der Waals surface area contributed by atoms with E-state index in [9.17, 15) is 9.90 Å². The molecule has 0 aliphatic carbocycles. The van der Waals surface area contributed by atoms with E-state index in [2.05, 4.69) is 5.32 Å². The first-order valence-corrected chi connectivity index (χ1v) is 11.5. The molecule has 0 saturated heterocycles. The zero-order valence-corrected chi connectivity index (χ0v) is 20.4. The van der Waals surface area contributed by atoms with Crippen molar-refractivity contribution in [3.05, 3.63) is 113 Å². The predicted octanol–water partition coefficient (Wildman–Crippen LogP) is 5.10. The van der Waals surface area contributed by atoms with Crippen LogP contribution in [0.1, 0.15) is 45.2 Å². The van der Waals surface area contributed by atoms with E-state index < -0.39 is 18.1 Å². The van der Waals surface area contributed by atoms with Gasteiger partial charge in [0.1, 0.15) is 29.1 Å². The van der Waals surface area contributed by atoms with Gasteiger partial charge < -0.3 is 29.1 Å². The highest BCUT2D eigenvalue weighted by Gasteiger charge is 2.26. The third-order valence-electron chi connectivity index (χ3n) is 5.96. The number of benzene rings is 3. The summed E-state index contributed by atoms with van der Waals surface area (Å²) in [6.07, 6.45) is -0.599. The van der Waals surface area contributed by atoms with E-state index in [1.165, 1.54) is 0 Å². The maximum absolute atomic E-state index is 13.2. The molecule has 4 rings (SSSR count). The molecule has 0 saturated carbocycles. The van der Waals surface area contributed by atoms with Gasteiger partial charge in [0, 0.05) is 24.1 Å². The molecule has 4 aromatic rings. The van der Waals surface area contributed by atoms with Crippen LogP contribution >= 0.6 is 0 Å². The number of rotatable bonds is 10. The molecule has 1 unspecified atom stereocenters. The molecular weight excluding hydrogens is 458 g/mol. The van der Waals surface area contributed by atoms with Crippen molar-refractivity contribution in [2.45, 2.75) is 18.6 Å². The minimum absolute atomic E-state index is 0.137. The Morgan fingerprint density at radius 2 is 1.42 bits per heavy atom. The van der Waals surface area contributed by atoms with Crippen molar-refractivity contribution in [1.29, 1.82) is 0 Å². The summed E-state index contributed by atoms with van der Waals surface area (Å²) < 4.78 is 22.2. The number of aliphatic hydroxyl groups excluding tert-OH is 1. The summed E-state index contributed by atoms with van der Waals surface area (Å²) in [7, 11) is 4.71. The number of furan rings is 1. The van der Waals surface area contributed by atoms with Gasteiger partial charge in [-0.05, 0) is 23.3 Å². The van der Waals surface area contributed by atoms with Crippen LogP contribution < -0.4 is 19.5 Å². The third-order valence-corrected chi connectivity index (χ3v) is 5.96. The normalized spacial score (nSPS) is 12.4. The summed E-state index contributed by atoms with van der Waals surface area (Å²) >= 11 is 0. The topological polar surface area (TPSA) is 90.2 Å². The highest BCUT2D eigenvalue weighted by atomic mass is 16.5. The van der Waals surface area contributed by atoms with Crippen LogP contribution in [0, 0.1) is 0 Å². The molecule has 2 N–H and O–H groups in total. The van der Waals surface area contributed by atoms with Gasteiger partial charge in [0.05, 0.1) is 27.4 Å². The Hall–Kier alpha value is -4.23. The number of amides is 1. The highest BCUT2D eigenvalue weighted by molar-refractivity contribution is 5.91. The molecule has 3 aromatic carbocycles. The van der Waals surface area contributed by atoms with Crippen LogP contribution in [0.15, 0.2) is 89.3 Å². The molecular formula is C29H29NO6. The molecule has 7 nitrogen and oxygen atoms in total. The predicted molar refractivity (Wildman–Crippen MR) is 136 cm³/mol. The van der Waals surface area contributed by atoms with Crippen molar-refractivity contribution in [2.24, 2.45) is 0 Å². The lowest BCUT2D eigenvalue weighted by atomic mass is 9.95. The Morgan fingerprint density at radius 1 is 0.833 bits per heavy atom. The molecule has 0 fully saturated rings. The summed E-state index contributed by atoms with van der Waals surface area (Å²) in [6, 6.07) is 24.8. The van der Waals surface area contributed by atoms with Gasteiger partial charge in [0.15, 0.2) is 5.76 Å². The van der Waals surface area contributed by atoms with Gasteiger partial charge in [-0.1, -0.05) is 60.7 Å². The van der Waals surface area contributed by atoms with Crippen molar-refractivity contribution in [2.75, 3.05) is 21.3 Å². The Balaban J connectivity index is 1.57. The average Bonchev–Trinajstić information content (AvgIpc) is 3.41. The standard InChI is InChI=1S/C29H29NO6/c1-33-22-17-25(34-2)23(26(18-22)35-3)16-21-14-15-24(36-21)29(32)30-27(19-10-6-4-7-11-19)28(31)20-12-8-5-9-13-20/h4-15,17-18,27-28,31H,16H2,1-3H3,(H,30,32)/t27?,28-/m0/s1. The highest BCUT2D eigenvalue weighted by Crippen LogP contribution is 2.36. The number of carbonyl (C=O) groups excluding carboxylic acids is 1. The van der Waals surface area contributed by atoms with Crippen LogP contribution in [0.25, 0.3) is 0 Å². The molecule has 0 radical (unpaired) electrons. The van der Waals surface area contributed by atoms with E-state index >= 15 is 0 Å². The number of hydrogen-bond acceptors (Lipinski definition) is 6. The van der Waals surface area contributed by atoms with Crippen molar-refractivity contribution >= 4 is 5.91 Å². The van der Waals surface area contributed by atoms with Crippen molar-refractivity contribution in [3.8, 4) is 17.2 Å². The molecule has 7 heteroatoms. The molecule has 0 spiro atoms. The molecule has 0 aliphatic heterocycles. The fourth-order valence-electron chi connectivity index (χ4n) is 4.08. The van der Waals surface area contributed by atoms with Gasteiger partial charge in [-0.3, -0.25) is 4.79 Å². The van der Waals surface area contributed by atoms with E-state index in [-0.39, 0.29) is 5.76 Å². The smallest absolute Gasteiger partial charge is 0.287 e. The number of aliphatic hydroxyl groups is 1. The van der Waals surface area contributed by atoms with Gasteiger partial charge in [-0.15, -0.1) is 0 Å². The van der Waals surface area contributed by atoms with Gasteiger partial charge in [0.2, 0.25) is 0 Å². The first-order chi connectivity index (χ1) is 17.5. The summed E-state index contributed by atoms with van der Waals surface area (Å²) in [5.74, 6) is 2.04. The Labute approximate surface area is 210 Å². The molecule has 36 heavy (non-hydrogen) atoms. The zero-order chi connectivity index (χ0) is 25.5. The minimum atomic E-state index is -0.945. The van der Waals surface area contributed by atoms with Crippen LogP contribution in [-0.2, 0) is 6.42 Å². The monoisotopic (exact) mass is 487 g/mol. The summed E-state index contributed by atoms with van der Waals surface area (Å²) in [4.78, 5) is 13.2.